The summed E-state index contributed by atoms with van der Waals surface area (Å²) in [5, 5.41) is 0. The molecule has 0 N–H and O–H groups in total. The second kappa shape index (κ2) is 18.5. The molecule has 0 unspecified atom stereocenters. The van der Waals surface area contributed by atoms with Crippen molar-refractivity contribution in [2.24, 2.45) is 0 Å². The molecule has 0 aromatic heterocycles. The lowest BCUT2D eigenvalue weighted by Gasteiger charge is -1.99. The number of hydrogen-bond donors (Lipinski definition) is 0. The molecular formula is C12H27Cl3Si. The molecule has 0 aliphatic rings. The van der Waals surface area contributed by atoms with Crippen molar-refractivity contribution in [2.75, 3.05) is 0 Å². The van der Waals surface area contributed by atoms with Crippen LogP contribution in [0.2, 0.25) is 0 Å². The van der Waals surface area contributed by atoms with Crippen LogP contribution in [0.25, 0.3) is 0 Å². The number of unbranched alkanes of at least 4 members (excludes halogenated alkanes) is 9. The number of rotatable bonds is 9. The van der Waals surface area contributed by atoms with Crippen molar-refractivity contribution in [3.05, 3.63) is 0 Å². The first kappa shape index (κ1) is 19.4. The topological polar surface area (TPSA) is 0 Å². The van der Waals surface area contributed by atoms with E-state index in [4.69, 9.17) is 33.2 Å². The first-order valence-corrected chi connectivity index (χ1v) is 11.8. The quantitative estimate of drug-likeness (QED) is 0.264. The van der Waals surface area contributed by atoms with Gasteiger partial charge in [0.15, 0.2) is 0 Å². The van der Waals surface area contributed by atoms with Crippen LogP contribution in [0.3, 0.4) is 0 Å². The van der Waals surface area contributed by atoms with E-state index < -0.39 is 6.73 Å². The standard InChI is InChI=1S/C12H26.Cl3HSi/c1-3-5-7-9-11-12-10-8-6-4-2;1-4(2)3/h3-12H2,1-2H3;4H. The lowest BCUT2D eigenvalue weighted by Crippen LogP contribution is -1.80. The molecule has 0 bridgehead atoms. The molecule has 0 fully saturated rings. The minimum Gasteiger partial charge on any atom is -0.130 e. The van der Waals surface area contributed by atoms with E-state index in [0.29, 0.717) is 0 Å². The highest BCUT2D eigenvalue weighted by Gasteiger charge is 1.90. The van der Waals surface area contributed by atoms with Crippen LogP contribution in [0.15, 0.2) is 0 Å². The first-order chi connectivity index (χ1) is 7.65. The van der Waals surface area contributed by atoms with Crippen molar-refractivity contribution in [3.63, 3.8) is 0 Å². The molecule has 0 aromatic carbocycles. The van der Waals surface area contributed by atoms with Gasteiger partial charge in [-0.1, -0.05) is 78.1 Å². The molecule has 4 heteroatoms. The lowest BCUT2D eigenvalue weighted by molar-refractivity contribution is 0.562. The molecule has 0 rings (SSSR count). The van der Waals surface area contributed by atoms with Crippen LogP contribution < -0.4 is 0 Å². The maximum Gasteiger partial charge on any atom is 0.326 e. The Morgan fingerprint density at radius 2 is 0.750 bits per heavy atom. The fourth-order valence-electron chi connectivity index (χ4n) is 1.56. The largest absolute Gasteiger partial charge is 0.326 e. The van der Waals surface area contributed by atoms with Crippen LogP contribution >= 0.6 is 33.2 Å². The van der Waals surface area contributed by atoms with Crippen LogP contribution in [-0.2, 0) is 0 Å². The van der Waals surface area contributed by atoms with Crippen LogP contribution in [0.4, 0.5) is 0 Å². The van der Waals surface area contributed by atoms with Gasteiger partial charge in [-0.15, -0.1) is 33.2 Å². The van der Waals surface area contributed by atoms with Gasteiger partial charge < -0.3 is 0 Å². The third-order valence-corrected chi connectivity index (χ3v) is 2.46. The van der Waals surface area contributed by atoms with Crippen LogP contribution in [-0.4, -0.2) is 6.73 Å². The van der Waals surface area contributed by atoms with Gasteiger partial charge in [0, 0.05) is 0 Å². The minimum atomic E-state index is -1.72. The molecule has 0 heterocycles. The normalized spacial score (nSPS) is 10.1. The number of halogens is 3. The highest BCUT2D eigenvalue weighted by molar-refractivity contribution is 7.54. The van der Waals surface area contributed by atoms with E-state index in [1.807, 2.05) is 0 Å². The fraction of sp³-hybridized carbons (Fsp3) is 1.00. The third kappa shape index (κ3) is 29.4. The van der Waals surface area contributed by atoms with Crippen molar-refractivity contribution >= 4 is 40.0 Å². The summed E-state index contributed by atoms with van der Waals surface area (Å²) >= 11 is 14.8. The summed E-state index contributed by atoms with van der Waals surface area (Å²) in [6.45, 7) is 2.84. The minimum absolute atomic E-state index is 1.37. The molecule has 0 saturated carbocycles. The molecule has 16 heavy (non-hydrogen) atoms. The zero-order valence-corrected chi connectivity index (χ0v) is 14.2. The Morgan fingerprint density at radius 1 is 0.562 bits per heavy atom. The summed E-state index contributed by atoms with van der Waals surface area (Å²) in [7, 11) is 0. The fourth-order valence-corrected chi connectivity index (χ4v) is 1.56. The molecule has 0 saturated heterocycles. The SMILES string of the molecule is CCCCCCCCCCCC.Cl[SiH](Cl)Cl. The molecule has 0 spiro atoms. The van der Waals surface area contributed by atoms with Gasteiger partial charge >= 0.3 is 6.73 Å². The van der Waals surface area contributed by atoms with Gasteiger partial charge in [0.05, 0.1) is 0 Å². The van der Waals surface area contributed by atoms with Crippen LogP contribution in [0.5, 0.6) is 0 Å². The van der Waals surface area contributed by atoms with Gasteiger partial charge in [0.2, 0.25) is 0 Å². The Hall–Kier alpha value is 1.09. The Balaban J connectivity index is 0. The van der Waals surface area contributed by atoms with E-state index in [0.717, 1.165) is 0 Å². The second-order valence-electron chi connectivity index (χ2n) is 4.08. The third-order valence-electron chi connectivity index (χ3n) is 2.46. The van der Waals surface area contributed by atoms with Crippen molar-refractivity contribution in [2.45, 2.75) is 78.1 Å². The molecular weight excluding hydrogens is 279 g/mol. The van der Waals surface area contributed by atoms with Gasteiger partial charge in [-0.05, 0) is 0 Å². The summed E-state index contributed by atoms with van der Waals surface area (Å²) in [6, 6.07) is 0. The Bertz CT molecular complexity index is 97.7. The van der Waals surface area contributed by atoms with Crippen LogP contribution in [0, 0.1) is 0 Å². The van der Waals surface area contributed by atoms with Crippen molar-refractivity contribution < 1.29 is 0 Å². The molecule has 0 aliphatic carbocycles. The summed E-state index contributed by atoms with van der Waals surface area (Å²) in [5.41, 5.74) is 0. The maximum absolute atomic E-state index is 4.94. The average Bonchev–Trinajstić information content (AvgIpc) is 2.21. The van der Waals surface area contributed by atoms with Crippen molar-refractivity contribution in [3.8, 4) is 0 Å². The molecule has 0 nitrogen and oxygen atoms in total. The predicted molar refractivity (Wildman–Crippen MR) is 82.2 cm³/mol. The van der Waals surface area contributed by atoms with E-state index in [1.54, 1.807) is 0 Å². The predicted octanol–water partition coefficient (Wildman–Crippen LogP) is 6.35. The molecule has 0 amide bonds. The molecule has 0 aromatic rings. The summed E-state index contributed by atoms with van der Waals surface area (Å²) in [6.07, 6.45) is 14.4. The van der Waals surface area contributed by atoms with Gasteiger partial charge in [-0.2, -0.15) is 0 Å². The monoisotopic (exact) mass is 304 g/mol. The Morgan fingerprint density at radius 3 is 0.938 bits per heavy atom. The van der Waals surface area contributed by atoms with Gasteiger partial charge in [0.25, 0.3) is 0 Å². The summed E-state index contributed by atoms with van der Waals surface area (Å²) < 4.78 is 0. The van der Waals surface area contributed by atoms with E-state index >= 15 is 0 Å². The van der Waals surface area contributed by atoms with Crippen molar-refractivity contribution in [1.82, 2.24) is 0 Å². The van der Waals surface area contributed by atoms with E-state index in [2.05, 4.69) is 13.8 Å². The Kier molecular flexibility index (Phi) is 22.4. The van der Waals surface area contributed by atoms with E-state index in [-0.39, 0.29) is 0 Å². The zero-order valence-electron chi connectivity index (χ0n) is 10.8. The molecule has 100 valence electrons. The first-order valence-electron chi connectivity index (χ1n) is 6.57. The van der Waals surface area contributed by atoms with Crippen molar-refractivity contribution in [1.29, 1.82) is 0 Å². The average molecular weight is 306 g/mol. The number of hydrogen-bond acceptors (Lipinski definition) is 0. The summed E-state index contributed by atoms with van der Waals surface area (Å²) in [4.78, 5) is 0. The second-order valence-corrected chi connectivity index (χ2v) is 10.5. The molecule has 0 aliphatic heterocycles. The van der Waals surface area contributed by atoms with Gasteiger partial charge in [-0.3, -0.25) is 0 Å². The van der Waals surface area contributed by atoms with E-state index in [1.165, 1.54) is 64.2 Å². The van der Waals surface area contributed by atoms with E-state index in [9.17, 15) is 0 Å². The highest BCUT2D eigenvalue weighted by Crippen LogP contribution is 2.09. The highest BCUT2D eigenvalue weighted by atomic mass is 35.8. The van der Waals surface area contributed by atoms with Gasteiger partial charge in [0.1, 0.15) is 0 Å². The Labute approximate surface area is 118 Å². The van der Waals surface area contributed by atoms with Gasteiger partial charge in [-0.25, -0.2) is 0 Å². The molecule has 0 radical (unpaired) electrons. The maximum atomic E-state index is 4.94. The smallest absolute Gasteiger partial charge is 0.130 e. The zero-order chi connectivity index (χ0) is 12.6. The molecule has 0 atom stereocenters. The van der Waals surface area contributed by atoms with Crippen LogP contribution in [0.1, 0.15) is 78.1 Å². The summed E-state index contributed by atoms with van der Waals surface area (Å²) in [5.74, 6) is 0. The lowest BCUT2D eigenvalue weighted by atomic mass is 10.1.